The number of hydrogen-bond donors (Lipinski definition) is 0. The van der Waals surface area contributed by atoms with E-state index in [1.54, 1.807) is 18.3 Å². The zero-order chi connectivity index (χ0) is 17.6. The third-order valence-corrected chi connectivity index (χ3v) is 6.18. The summed E-state index contributed by atoms with van der Waals surface area (Å²) in [7, 11) is 0. The van der Waals surface area contributed by atoms with Crippen molar-refractivity contribution < 1.29 is 9.53 Å². The minimum atomic E-state index is -0.389. The first kappa shape index (κ1) is 16.6. The summed E-state index contributed by atoms with van der Waals surface area (Å²) < 4.78 is 7.99. The molecule has 0 unspecified atom stereocenters. The molecule has 132 valence electrons. The predicted octanol–water partition coefficient (Wildman–Crippen LogP) is 2.27. The molecular weight excluding hydrogens is 360 g/mol. The van der Waals surface area contributed by atoms with Gasteiger partial charge in [-0.25, -0.2) is 14.1 Å². The Kier molecular flexibility index (Phi) is 4.28. The molecule has 0 aliphatic heterocycles. The molecule has 0 radical (unpaired) electrons. The van der Waals surface area contributed by atoms with Gasteiger partial charge in [-0.2, -0.15) is 0 Å². The number of rotatable bonds is 4. The summed E-state index contributed by atoms with van der Waals surface area (Å²) in [5.41, 5.74) is 1.07. The van der Waals surface area contributed by atoms with Gasteiger partial charge in [-0.15, -0.1) is 16.4 Å². The average molecular weight is 378 g/mol. The monoisotopic (exact) mass is 378 g/mol. The van der Waals surface area contributed by atoms with E-state index in [2.05, 4.69) is 10.1 Å². The molecule has 4 rings (SSSR count). The SMILES string of the molecule is CCOC(=O)Cn1nc(SC)n2c(=O)c3c4c(sc3nc12)CCCC4. The smallest absolute Gasteiger partial charge is 0.327 e. The highest BCUT2D eigenvalue weighted by atomic mass is 32.2. The number of thioether (sulfide) groups is 1. The molecule has 0 atom stereocenters. The van der Waals surface area contributed by atoms with Crippen LogP contribution >= 0.6 is 23.1 Å². The molecule has 0 amide bonds. The first-order chi connectivity index (χ1) is 12.1. The molecule has 0 bridgehead atoms. The average Bonchev–Trinajstić information content (AvgIpc) is 3.14. The summed E-state index contributed by atoms with van der Waals surface area (Å²) >= 11 is 2.96. The quantitative estimate of drug-likeness (QED) is 0.512. The maximum Gasteiger partial charge on any atom is 0.327 e. The van der Waals surface area contributed by atoms with Crippen LogP contribution in [0.2, 0.25) is 0 Å². The van der Waals surface area contributed by atoms with Gasteiger partial charge in [0.25, 0.3) is 5.56 Å². The molecule has 3 aromatic heterocycles. The Morgan fingerprint density at radius 3 is 2.92 bits per heavy atom. The van der Waals surface area contributed by atoms with E-state index in [9.17, 15) is 9.59 Å². The lowest BCUT2D eigenvalue weighted by molar-refractivity contribution is -0.143. The van der Waals surface area contributed by atoms with E-state index in [0.29, 0.717) is 17.5 Å². The van der Waals surface area contributed by atoms with Gasteiger partial charge in [-0.05, 0) is 44.4 Å². The lowest BCUT2D eigenvalue weighted by atomic mass is 9.97. The van der Waals surface area contributed by atoms with Crippen LogP contribution in [0.3, 0.4) is 0 Å². The Labute approximate surface area is 152 Å². The third-order valence-electron chi connectivity index (χ3n) is 4.37. The summed E-state index contributed by atoms with van der Waals surface area (Å²) in [5, 5.41) is 5.65. The molecule has 0 fully saturated rings. The largest absolute Gasteiger partial charge is 0.465 e. The maximum atomic E-state index is 13.2. The second-order valence-electron chi connectivity index (χ2n) is 5.89. The first-order valence-electron chi connectivity index (χ1n) is 8.27. The van der Waals surface area contributed by atoms with E-state index in [0.717, 1.165) is 41.5 Å². The molecule has 7 nitrogen and oxygen atoms in total. The Morgan fingerprint density at radius 2 is 2.16 bits per heavy atom. The van der Waals surface area contributed by atoms with E-state index >= 15 is 0 Å². The number of nitrogens with zero attached hydrogens (tertiary/aromatic N) is 4. The highest BCUT2D eigenvalue weighted by molar-refractivity contribution is 7.98. The highest BCUT2D eigenvalue weighted by Crippen LogP contribution is 2.34. The van der Waals surface area contributed by atoms with E-state index in [1.165, 1.54) is 25.7 Å². The second-order valence-corrected chi connectivity index (χ2v) is 7.75. The second kappa shape index (κ2) is 6.45. The number of carbonyl (C=O) groups excluding carboxylic acids is 1. The first-order valence-corrected chi connectivity index (χ1v) is 10.3. The molecule has 1 aliphatic carbocycles. The van der Waals surface area contributed by atoms with Gasteiger partial charge in [0.15, 0.2) is 5.16 Å². The van der Waals surface area contributed by atoms with E-state index < -0.39 is 0 Å². The molecule has 3 heterocycles. The minimum Gasteiger partial charge on any atom is -0.465 e. The van der Waals surface area contributed by atoms with Gasteiger partial charge in [0.05, 0.1) is 12.0 Å². The maximum absolute atomic E-state index is 13.2. The fraction of sp³-hybridized carbons (Fsp3) is 0.500. The van der Waals surface area contributed by atoms with Crippen LogP contribution in [0.1, 0.15) is 30.2 Å². The summed E-state index contributed by atoms with van der Waals surface area (Å²) in [6.45, 7) is 2.01. The lowest BCUT2D eigenvalue weighted by Crippen LogP contribution is -2.18. The predicted molar refractivity (Wildman–Crippen MR) is 97.7 cm³/mol. The Hall–Kier alpha value is -1.87. The Morgan fingerprint density at radius 1 is 1.36 bits per heavy atom. The number of aromatic nitrogens is 4. The van der Waals surface area contributed by atoms with Crippen LogP contribution in [-0.2, 0) is 28.9 Å². The van der Waals surface area contributed by atoms with Gasteiger partial charge in [0.2, 0.25) is 5.78 Å². The molecule has 25 heavy (non-hydrogen) atoms. The summed E-state index contributed by atoms with van der Waals surface area (Å²) in [5.74, 6) is 0.00785. The number of esters is 1. The number of carbonyl (C=O) groups is 1. The zero-order valence-electron chi connectivity index (χ0n) is 14.1. The van der Waals surface area contributed by atoms with Crippen molar-refractivity contribution in [3.8, 4) is 0 Å². The van der Waals surface area contributed by atoms with Crippen molar-refractivity contribution in [1.29, 1.82) is 0 Å². The number of thiophene rings is 1. The highest BCUT2D eigenvalue weighted by Gasteiger charge is 2.24. The van der Waals surface area contributed by atoms with Crippen molar-refractivity contribution in [1.82, 2.24) is 19.2 Å². The van der Waals surface area contributed by atoms with Crippen LogP contribution < -0.4 is 5.56 Å². The van der Waals surface area contributed by atoms with Crippen molar-refractivity contribution in [2.24, 2.45) is 0 Å². The summed E-state index contributed by atoms with van der Waals surface area (Å²) in [6.07, 6.45) is 6.08. The molecular formula is C16H18N4O3S2. The zero-order valence-corrected chi connectivity index (χ0v) is 15.7. The van der Waals surface area contributed by atoms with E-state index in [1.807, 2.05) is 6.26 Å². The number of fused-ring (bicyclic) bond motifs is 4. The molecule has 0 saturated carbocycles. The minimum absolute atomic E-state index is 0.0546. The van der Waals surface area contributed by atoms with Crippen LogP contribution in [-0.4, -0.2) is 38.0 Å². The molecule has 0 N–H and O–H groups in total. The lowest BCUT2D eigenvalue weighted by Gasteiger charge is -2.09. The van der Waals surface area contributed by atoms with Crippen LogP contribution in [0.15, 0.2) is 9.95 Å². The molecule has 1 aliphatic rings. The van der Waals surface area contributed by atoms with Crippen molar-refractivity contribution in [2.75, 3.05) is 12.9 Å². The fourth-order valence-corrected chi connectivity index (χ4v) is 5.07. The van der Waals surface area contributed by atoms with Gasteiger partial charge < -0.3 is 4.74 Å². The van der Waals surface area contributed by atoms with Gasteiger partial charge in [0.1, 0.15) is 11.4 Å². The molecule has 9 heteroatoms. The molecule has 0 saturated heterocycles. The van der Waals surface area contributed by atoms with Gasteiger partial charge in [-0.1, -0.05) is 11.8 Å². The number of aryl methyl sites for hydroxylation is 2. The Balaban J connectivity index is 1.96. The van der Waals surface area contributed by atoms with Crippen molar-refractivity contribution in [2.45, 2.75) is 44.3 Å². The summed E-state index contributed by atoms with van der Waals surface area (Å²) in [4.78, 5) is 31.7. The van der Waals surface area contributed by atoms with Gasteiger partial charge >= 0.3 is 5.97 Å². The van der Waals surface area contributed by atoms with Gasteiger partial charge in [-0.3, -0.25) is 9.59 Å². The van der Waals surface area contributed by atoms with Crippen LogP contribution in [0, 0.1) is 0 Å². The van der Waals surface area contributed by atoms with E-state index in [-0.39, 0.29) is 18.1 Å². The number of hydrogen-bond acceptors (Lipinski definition) is 7. The molecule has 0 aromatic carbocycles. The van der Waals surface area contributed by atoms with E-state index in [4.69, 9.17) is 4.74 Å². The summed E-state index contributed by atoms with van der Waals surface area (Å²) in [6, 6.07) is 0. The van der Waals surface area contributed by atoms with Crippen molar-refractivity contribution in [3.63, 3.8) is 0 Å². The molecule has 0 spiro atoms. The fourth-order valence-electron chi connectivity index (χ4n) is 3.30. The molecule has 3 aromatic rings. The Bertz CT molecular complexity index is 1030. The van der Waals surface area contributed by atoms with Crippen LogP contribution in [0.25, 0.3) is 16.0 Å². The number of ether oxygens (including phenoxy) is 1. The van der Waals surface area contributed by atoms with Crippen LogP contribution in [0.4, 0.5) is 0 Å². The third kappa shape index (κ3) is 2.65. The standard InChI is InChI=1S/C16H18N4O3S2/c1-3-23-11(21)8-19-15-17-13-12(9-6-4-5-7-10(9)25-13)14(22)20(15)16(18-19)24-2/h3-8H2,1-2H3. The topological polar surface area (TPSA) is 78.5 Å². The van der Waals surface area contributed by atoms with Gasteiger partial charge in [0, 0.05) is 4.88 Å². The van der Waals surface area contributed by atoms with Crippen molar-refractivity contribution >= 4 is 45.1 Å². The normalized spacial score (nSPS) is 14.2. The van der Waals surface area contributed by atoms with Crippen LogP contribution in [0.5, 0.6) is 0 Å². The van der Waals surface area contributed by atoms with Crippen molar-refractivity contribution in [3.05, 3.63) is 20.8 Å².